The molecular formula is C24H19Cl3N4O4. The molecule has 3 amide bonds. The van der Waals surface area contributed by atoms with E-state index in [-0.39, 0.29) is 28.2 Å². The maximum absolute atomic E-state index is 12.3. The summed E-state index contributed by atoms with van der Waals surface area (Å²) in [4.78, 5) is 36.4. The number of carbonyl (C=O) groups excluding carboxylic acids is 3. The van der Waals surface area contributed by atoms with Crippen LogP contribution in [0.1, 0.15) is 11.1 Å². The van der Waals surface area contributed by atoms with Crippen molar-refractivity contribution in [1.29, 1.82) is 0 Å². The summed E-state index contributed by atoms with van der Waals surface area (Å²) in [6.07, 6.45) is 1.28. The van der Waals surface area contributed by atoms with E-state index in [1.807, 2.05) is 6.92 Å². The van der Waals surface area contributed by atoms with Gasteiger partial charge in [-0.15, -0.1) is 0 Å². The van der Waals surface area contributed by atoms with Crippen LogP contribution in [0.15, 0.2) is 65.8 Å². The summed E-state index contributed by atoms with van der Waals surface area (Å²) in [5.41, 5.74) is 4.21. The zero-order chi connectivity index (χ0) is 25.4. The minimum atomic E-state index is -1.02. The number of rotatable bonds is 7. The number of hydrogen-bond acceptors (Lipinski definition) is 5. The van der Waals surface area contributed by atoms with E-state index in [9.17, 15) is 14.4 Å². The molecule has 0 aliphatic rings. The molecule has 0 aliphatic carbocycles. The molecule has 11 heteroatoms. The minimum absolute atomic E-state index is 0.111. The van der Waals surface area contributed by atoms with Crippen LogP contribution in [0.3, 0.4) is 0 Å². The van der Waals surface area contributed by atoms with Crippen LogP contribution in [0, 0.1) is 6.92 Å². The van der Waals surface area contributed by atoms with Crippen LogP contribution >= 0.6 is 34.8 Å². The van der Waals surface area contributed by atoms with Gasteiger partial charge in [-0.1, -0.05) is 59.1 Å². The van der Waals surface area contributed by atoms with E-state index in [4.69, 9.17) is 39.5 Å². The van der Waals surface area contributed by atoms with E-state index in [1.165, 1.54) is 12.3 Å². The van der Waals surface area contributed by atoms with Gasteiger partial charge in [0.25, 0.3) is 5.91 Å². The molecule has 0 spiro atoms. The van der Waals surface area contributed by atoms with Crippen LogP contribution in [0.4, 0.5) is 11.4 Å². The Hall–Kier alpha value is -3.59. The summed E-state index contributed by atoms with van der Waals surface area (Å²) < 4.78 is 5.59. The number of hydrazone groups is 1. The molecule has 3 aromatic carbocycles. The smallest absolute Gasteiger partial charge is 0.329 e. The van der Waals surface area contributed by atoms with Crippen molar-refractivity contribution in [3.8, 4) is 5.75 Å². The van der Waals surface area contributed by atoms with Gasteiger partial charge in [-0.05, 0) is 48.9 Å². The molecule has 0 heterocycles. The van der Waals surface area contributed by atoms with Gasteiger partial charge in [0, 0.05) is 16.3 Å². The first-order chi connectivity index (χ1) is 16.7. The number of hydrogen-bond donors (Lipinski definition) is 3. The third-order valence-electron chi connectivity index (χ3n) is 4.53. The van der Waals surface area contributed by atoms with Crippen LogP contribution in [0.25, 0.3) is 0 Å². The van der Waals surface area contributed by atoms with E-state index in [2.05, 4.69) is 21.2 Å². The van der Waals surface area contributed by atoms with Gasteiger partial charge in [-0.2, -0.15) is 5.10 Å². The van der Waals surface area contributed by atoms with Crippen LogP contribution < -0.4 is 20.8 Å². The number of ether oxygens (including phenoxy) is 1. The number of nitrogens with zero attached hydrogens (tertiary/aromatic N) is 1. The lowest BCUT2D eigenvalue weighted by molar-refractivity contribution is -0.136. The first kappa shape index (κ1) is 26.0. The quantitative estimate of drug-likeness (QED) is 0.224. The zero-order valence-corrected chi connectivity index (χ0v) is 20.5. The predicted octanol–water partition coefficient (Wildman–Crippen LogP) is 5.06. The fraction of sp³-hybridized carbons (Fsp3) is 0.0833. The monoisotopic (exact) mass is 532 g/mol. The standard InChI is InChI=1S/C24H19Cl3N4O4/c1-14-9-10-16(25)11-19(14)29-21(32)13-35-20-8-3-2-5-15(20)12-28-31-24(34)23(33)30-18-7-4-6-17(26)22(18)27/h2-12H,13H2,1H3,(H,29,32)(H,30,33)(H,31,34)/b28-12-. The van der Waals surface area contributed by atoms with E-state index in [0.29, 0.717) is 22.0 Å². The van der Waals surface area contributed by atoms with Crippen molar-refractivity contribution in [1.82, 2.24) is 5.43 Å². The molecule has 0 saturated heterocycles. The Bertz CT molecular complexity index is 1300. The second kappa shape index (κ2) is 12.2. The molecule has 180 valence electrons. The topological polar surface area (TPSA) is 109 Å². The fourth-order valence-electron chi connectivity index (χ4n) is 2.77. The van der Waals surface area contributed by atoms with Gasteiger partial charge in [-0.25, -0.2) is 5.43 Å². The van der Waals surface area contributed by atoms with E-state index in [1.54, 1.807) is 54.6 Å². The molecule has 0 bridgehead atoms. The number of anilines is 2. The number of amides is 3. The van der Waals surface area contributed by atoms with Crippen molar-refractivity contribution in [3.63, 3.8) is 0 Å². The van der Waals surface area contributed by atoms with Gasteiger partial charge in [0.05, 0.1) is 21.9 Å². The normalized spacial score (nSPS) is 10.6. The number of nitrogens with one attached hydrogen (secondary N) is 3. The zero-order valence-electron chi connectivity index (χ0n) is 18.3. The van der Waals surface area contributed by atoms with Gasteiger partial charge < -0.3 is 15.4 Å². The molecule has 35 heavy (non-hydrogen) atoms. The van der Waals surface area contributed by atoms with Crippen LogP contribution in [-0.4, -0.2) is 30.5 Å². The number of para-hydroxylation sites is 1. The van der Waals surface area contributed by atoms with Crippen molar-refractivity contribution in [2.75, 3.05) is 17.2 Å². The fourth-order valence-corrected chi connectivity index (χ4v) is 3.29. The van der Waals surface area contributed by atoms with Crippen molar-refractivity contribution < 1.29 is 19.1 Å². The molecule has 8 nitrogen and oxygen atoms in total. The van der Waals surface area contributed by atoms with Crippen LogP contribution in [-0.2, 0) is 14.4 Å². The molecule has 0 unspecified atom stereocenters. The molecule has 0 saturated carbocycles. The molecule has 0 atom stereocenters. The van der Waals surface area contributed by atoms with E-state index in [0.717, 1.165) is 5.56 Å². The van der Waals surface area contributed by atoms with Crippen LogP contribution in [0.5, 0.6) is 5.75 Å². The summed E-state index contributed by atoms with van der Waals surface area (Å²) >= 11 is 17.9. The Morgan fingerprint density at radius 3 is 2.49 bits per heavy atom. The van der Waals surface area contributed by atoms with Gasteiger partial charge in [-0.3, -0.25) is 14.4 Å². The number of carbonyl (C=O) groups is 3. The Balaban J connectivity index is 1.56. The summed E-state index contributed by atoms with van der Waals surface area (Å²) in [6.45, 7) is 1.57. The molecule has 3 aromatic rings. The lowest BCUT2D eigenvalue weighted by Crippen LogP contribution is -2.32. The van der Waals surface area contributed by atoms with E-state index >= 15 is 0 Å². The highest BCUT2D eigenvalue weighted by Crippen LogP contribution is 2.29. The number of halogens is 3. The number of benzene rings is 3. The largest absolute Gasteiger partial charge is 0.483 e. The van der Waals surface area contributed by atoms with Crippen LogP contribution in [0.2, 0.25) is 15.1 Å². The molecule has 0 radical (unpaired) electrons. The second-order valence-electron chi connectivity index (χ2n) is 7.09. The molecule has 3 N–H and O–H groups in total. The summed E-state index contributed by atoms with van der Waals surface area (Å²) in [6, 6.07) is 16.5. The van der Waals surface area contributed by atoms with Crippen molar-refractivity contribution in [2.45, 2.75) is 6.92 Å². The Morgan fingerprint density at radius 1 is 0.914 bits per heavy atom. The number of aryl methyl sites for hydroxylation is 1. The maximum atomic E-state index is 12.3. The predicted molar refractivity (Wildman–Crippen MR) is 138 cm³/mol. The average Bonchev–Trinajstić information content (AvgIpc) is 2.83. The second-order valence-corrected chi connectivity index (χ2v) is 8.31. The SMILES string of the molecule is Cc1ccc(Cl)cc1NC(=O)COc1ccccc1/C=N\NC(=O)C(=O)Nc1cccc(Cl)c1Cl. The highest BCUT2D eigenvalue weighted by Gasteiger charge is 2.15. The maximum Gasteiger partial charge on any atom is 0.329 e. The van der Waals surface area contributed by atoms with Crippen molar-refractivity contribution in [2.24, 2.45) is 5.10 Å². The highest BCUT2D eigenvalue weighted by molar-refractivity contribution is 6.45. The van der Waals surface area contributed by atoms with Crippen molar-refractivity contribution >= 4 is 70.1 Å². The van der Waals surface area contributed by atoms with Gasteiger partial charge >= 0.3 is 11.8 Å². The molecule has 0 aliphatic heterocycles. The summed E-state index contributed by atoms with van der Waals surface area (Å²) in [7, 11) is 0. The Labute approximate surface area is 216 Å². The molecule has 0 aromatic heterocycles. The Kier molecular flexibility index (Phi) is 9.08. The van der Waals surface area contributed by atoms with E-state index < -0.39 is 11.8 Å². The van der Waals surface area contributed by atoms with Gasteiger partial charge in [0.2, 0.25) is 0 Å². The summed E-state index contributed by atoms with van der Waals surface area (Å²) in [5.74, 6) is -2.04. The summed E-state index contributed by atoms with van der Waals surface area (Å²) in [5, 5.41) is 9.71. The third kappa shape index (κ3) is 7.45. The lowest BCUT2D eigenvalue weighted by Gasteiger charge is -2.11. The molecule has 3 rings (SSSR count). The first-order valence-electron chi connectivity index (χ1n) is 10.1. The van der Waals surface area contributed by atoms with Gasteiger partial charge in [0.15, 0.2) is 6.61 Å². The third-order valence-corrected chi connectivity index (χ3v) is 5.58. The first-order valence-corrected chi connectivity index (χ1v) is 11.2. The average molecular weight is 534 g/mol. The van der Waals surface area contributed by atoms with Gasteiger partial charge in [0.1, 0.15) is 5.75 Å². The molecular weight excluding hydrogens is 515 g/mol. The Morgan fingerprint density at radius 2 is 1.69 bits per heavy atom. The molecule has 0 fully saturated rings. The van der Waals surface area contributed by atoms with Crippen molar-refractivity contribution in [3.05, 3.63) is 86.9 Å². The lowest BCUT2D eigenvalue weighted by atomic mass is 10.2. The minimum Gasteiger partial charge on any atom is -0.483 e. The highest BCUT2D eigenvalue weighted by atomic mass is 35.5.